The summed E-state index contributed by atoms with van der Waals surface area (Å²) in [6.07, 6.45) is 2.71. The Balaban J connectivity index is 2.14. The van der Waals surface area contributed by atoms with E-state index in [9.17, 15) is 23.1 Å². The SMILES string of the molecule is COc1ccc(CC(NC(=O)CN(CSC(C)C)S(=O)(=O)c2cccnc2)C(=O)O)cc1. The number of hydrogen-bond acceptors (Lipinski definition) is 7. The highest BCUT2D eigenvalue weighted by atomic mass is 32.2. The summed E-state index contributed by atoms with van der Waals surface area (Å²) in [5.74, 6) is -1.25. The van der Waals surface area contributed by atoms with Gasteiger partial charge in [-0.15, -0.1) is 11.8 Å². The van der Waals surface area contributed by atoms with E-state index in [1.54, 1.807) is 24.3 Å². The Morgan fingerprint density at radius 1 is 1.22 bits per heavy atom. The summed E-state index contributed by atoms with van der Waals surface area (Å²) in [5.41, 5.74) is 0.689. The van der Waals surface area contributed by atoms with Crippen LogP contribution in [0.3, 0.4) is 0 Å². The number of nitrogens with zero attached hydrogens (tertiary/aromatic N) is 2. The van der Waals surface area contributed by atoms with Crippen molar-refractivity contribution >= 4 is 33.7 Å². The molecule has 2 N–H and O–H groups in total. The Labute approximate surface area is 192 Å². The molecular formula is C21H27N3O6S2. The fourth-order valence-corrected chi connectivity index (χ4v) is 5.00. The number of carboxylic acid groups (broad SMARTS) is 1. The van der Waals surface area contributed by atoms with Crippen LogP contribution < -0.4 is 10.1 Å². The normalized spacial score (nSPS) is 12.5. The zero-order chi connectivity index (χ0) is 23.7. The van der Waals surface area contributed by atoms with E-state index in [0.29, 0.717) is 11.3 Å². The summed E-state index contributed by atoms with van der Waals surface area (Å²) in [6.45, 7) is 3.31. The van der Waals surface area contributed by atoms with Gasteiger partial charge in [-0.05, 0) is 29.8 Å². The average Bonchev–Trinajstić information content (AvgIpc) is 2.77. The molecular weight excluding hydrogens is 454 g/mol. The standard InChI is InChI=1S/C21H27N3O6S2/c1-15(2)31-14-24(32(28,29)18-5-4-10-22-12-18)13-20(25)23-19(21(26)27)11-16-6-8-17(30-3)9-7-16/h4-10,12,15,19H,11,13-14H2,1-3H3,(H,23,25)(H,26,27). The van der Waals surface area contributed by atoms with Crippen molar-refractivity contribution in [3.63, 3.8) is 0 Å². The maximum Gasteiger partial charge on any atom is 0.326 e. The van der Waals surface area contributed by atoms with Gasteiger partial charge in [-0.2, -0.15) is 4.31 Å². The lowest BCUT2D eigenvalue weighted by Crippen LogP contribution is -2.47. The number of carbonyl (C=O) groups excluding carboxylic acids is 1. The highest BCUT2D eigenvalue weighted by Crippen LogP contribution is 2.20. The Morgan fingerprint density at radius 2 is 1.91 bits per heavy atom. The number of carboxylic acids is 1. The van der Waals surface area contributed by atoms with Gasteiger partial charge in [-0.1, -0.05) is 26.0 Å². The lowest BCUT2D eigenvalue weighted by atomic mass is 10.1. The molecule has 0 aliphatic rings. The van der Waals surface area contributed by atoms with E-state index in [0.717, 1.165) is 4.31 Å². The van der Waals surface area contributed by atoms with Gasteiger partial charge in [-0.3, -0.25) is 9.78 Å². The van der Waals surface area contributed by atoms with Crippen molar-refractivity contribution in [1.82, 2.24) is 14.6 Å². The molecule has 9 nitrogen and oxygen atoms in total. The number of nitrogens with one attached hydrogen (secondary N) is 1. The average molecular weight is 482 g/mol. The third-order valence-corrected chi connectivity index (χ3v) is 7.44. The molecule has 0 bridgehead atoms. The molecule has 174 valence electrons. The summed E-state index contributed by atoms with van der Waals surface area (Å²) >= 11 is 1.35. The van der Waals surface area contributed by atoms with Crippen LogP contribution in [0.15, 0.2) is 53.7 Å². The molecule has 0 radical (unpaired) electrons. The number of benzene rings is 1. The maximum atomic E-state index is 13.0. The van der Waals surface area contributed by atoms with Crippen molar-refractivity contribution in [2.24, 2.45) is 0 Å². The zero-order valence-corrected chi connectivity index (χ0v) is 19.7. The highest BCUT2D eigenvalue weighted by molar-refractivity contribution is 8.00. The van der Waals surface area contributed by atoms with E-state index in [4.69, 9.17) is 4.74 Å². The molecule has 2 rings (SSSR count). The van der Waals surface area contributed by atoms with Crippen molar-refractivity contribution < 1.29 is 27.9 Å². The molecule has 1 amide bonds. The maximum absolute atomic E-state index is 13.0. The van der Waals surface area contributed by atoms with Crippen LogP contribution in [-0.2, 0) is 26.0 Å². The third kappa shape index (κ3) is 7.50. The van der Waals surface area contributed by atoms with E-state index in [-0.39, 0.29) is 22.4 Å². The highest BCUT2D eigenvalue weighted by Gasteiger charge is 2.29. The quantitative estimate of drug-likeness (QED) is 0.441. The molecule has 1 unspecified atom stereocenters. The zero-order valence-electron chi connectivity index (χ0n) is 18.1. The predicted molar refractivity (Wildman–Crippen MR) is 122 cm³/mol. The van der Waals surface area contributed by atoms with Crippen LogP contribution in [0.5, 0.6) is 5.75 Å². The van der Waals surface area contributed by atoms with Gasteiger partial charge in [0.2, 0.25) is 15.9 Å². The Kier molecular flexibility index (Phi) is 9.48. The molecule has 1 aromatic heterocycles. The second-order valence-corrected chi connectivity index (χ2v) is 10.6. The number of methoxy groups -OCH3 is 1. The predicted octanol–water partition coefficient (Wildman–Crippen LogP) is 1.99. The van der Waals surface area contributed by atoms with Gasteiger partial charge in [-0.25, -0.2) is 13.2 Å². The van der Waals surface area contributed by atoms with E-state index >= 15 is 0 Å². The van der Waals surface area contributed by atoms with E-state index in [1.807, 2.05) is 13.8 Å². The second kappa shape index (κ2) is 11.8. The van der Waals surface area contributed by atoms with Crippen molar-refractivity contribution in [3.05, 3.63) is 54.4 Å². The van der Waals surface area contributed by atoms with Gasteiger partial charge in [0.15, 0.2) is 0 Å². The molecule has 11 heteroatoms. The van der Waals surface area contributed by atoms with Crippen LogP contribution in [0, 0.1) is 0 Å². The van der Waals surface area contributed by atoms with Crippen molar-refractivity contribution in [2.75, 3.05) is 19.5 Å². The summed E-state index contributed by atoms with van der Waals surface area (Å²) in [7, 11) is -2.46. The number of rotatable bonds is 12. The number of thioether (sulfide) groups is 1. The number of ether oxygens (including phenoxy) is 1. The molecule has 1 atom stereocenters. The first-order valence-corrected chi connectivity index (χ1v) is 12.3. The largest absolute Gasteiger partial charge is 0.497 e. The lowest BCUT2D eigenvalue weighted by molar-refractivity contribution is -0.141. The molecule has 1 heterocycles. The fourth-order valence-electron chi connectivity index (χ4n) is 2.68. The van der Waals surface area contributed by atoms with Gasteiger partial charge in [0.25, 0.3) is 0 Å². The monoisotopic (exact) mass is 481 g/mol. The van der Waals surface area contributed by atoms with Crippen LogP contribution >= 0.6 is 11.8 Å². The Hall–Kier alpha value is -2.63. The molecule has 0 aliphatic carbocycles. The molecule has 0 aliphatic heterocycles. The molecule has 0 saturated heterocycles. The van der Waals surface area contributed by atoms with Crippen molar-refractivity contribution in [2.45, 2.75) is 36.5 Å². The number of sulfonamides is 1. The van der Waals surface area contributed by atoms with Gasteiger partial charge in [0.1, 0.15) is 16.7 Å². The van der Waals surface area contributed by atoms with Crippen LogP contribution in [0.25, 0.3) is 0 Å². The summed E-state index contributed by atoms with van der Waals surface area (Å²) in [5, 5.41) is 12.1. The van der Waals surface area contributed by atoms with Crippen LogP contribution in [0.4, 0.5) is 0 Å². The van der Waals surface area contributed by atoms with E-state index < -0.39 is 34.5 Å². The molecule has 2 aromatic rings. The molecule has 32 heavy (non-hydrogen) atoms. The minimum absolute atomic E-state index is 0.0369. The number of carbonyl (C=O) groups is 2. The lowest BCUT2D eigenvalue weighted by Gasteiger charge is -2.23. The number of pyridine rings is 1. The van der Waals surface area contributed by atoms with Crippen LogP contribution in [0.2, 0.25) is 0 Å². The van der Waals surface area contributed by atoms with Gasteiger partial charge >= 0.3 is 5.97 Å². The van der Waals surface area contributed by atoms with Gasteiger partial charge in [0.05, 0.1) is 19.5 Å². The Morgan fingerprint density at radius 3 is 2.44 bits per heavy atom. The first kappa shape index (κ1) is 25.6. The second-order valence-electron chi connectivity index (χ2n) is 7.16. The summed E-state index contributed by atoms with van der Waals surface area (Å²) in [6, 6.07) is 8.49. The van der Waals surface area contributed by atoms with E-state index in [2.05, 4.69) is 10.3 Å². The number of aromatic nitrogens is 1. The Bertz CT molecular complexity index is 998. The first-order chi connectivity index (χ1) is 15.1. The summed E-state index contributed by atoms with van der Waals surface area (Å²) < 4.78 is 32.1. The molecule has 0 spiro atoms. The molecule has 1 aromatic carbocycles. The fraction of sp³-hybridized carbons (Fsp3) is 0.381. The number of hydrogen-bond donors (Lipinski definition) is 2. The third-order valence-electron chi connectivity index (χ3n) is 4.38. The van der Waals surface area contributed by atoms with E-state index in [1.165, 1.54) is 43.4 Å². The minimum atomic E-state index is -3.99. The van der Waals surface area contributed by atoms with Crippen molar-refractivity contribution in [1.29, 1.82) is 0 Å². The van der Waals surface area contributed by atoms with Gasteiger partial charge < -0.3 is 15.2 Å². The smallest absolute Gasteiger partial charge is 0.326 e. The number of aliphatic carboxylic acids is 1. The summed E-state index contributed by atoms with van der Waals surface area (Å²) in [4.78, 5) is 28.2. The van der Waals surface area contributed by atoms with Crippen LogP contribution in [0.1, 0.15) is 19.4 Å². The number of amides is 1. The molecule has 0 saturated carbocycles. The van der Waals surface area contributed by atoms with Gasteiger partial charge in [0, 0.05) is 24.1 Å². The van der Waals surface area contributed by atoms with Crippen LogP contribution in [-0.4, -0.2) is 65.5 Å². The molecule has 0 fully saturated rings. The topological polar surface area (TPSA) is 126 Å². The van der Waals surface area contributed by atoms with Crippen molar-refractivity contribution in [3.8, 4) is 5.75 Å². The first-order valence-electron chi connectivity index (χ1n) is 9.80. The minimum Gasteiger partial charge on any atom is -0.497 e.